The van der Waals surface area contributed by atoms with Gasteiger partial charge in [-0.05, 0) is 47.9 Å². The summed E-state index contributed by atoms with van der Waals surface area (Å²) in [7, 11) is 0. The van der Waals surface area contributed by atoms with E-state index in [1.807, 2.05) is 66.7 Å². The summed E-state index contributed by atoms with van der Waals surface area (Å²) in [6.45, 7) is 5.65. The summed E-state index contributed by atoms with van der Waals surface area (Å²) in [6.07, 6.45) is 0.849. The lowest BCUT2D eigenvalue weighted by atomic mass is 10.2. The molecule has 3 rings (SSSR count). The third kappa shape index (κ3) is 8.05. The molecule has 0 radical (unpaired) electrons. The zero-order chi connectivity index (χ0) is 21.9. The van der Waals surface area contributed by atoms with Crippen molar-refractivity contribution in [1.29, 1.82) is 0 Å². The van der Waals surface area contributed by atoms with Crippen LogP contribution in [0, 0.1) is 5.92 Å². The van der Waals surface area contributed by atoms with Crippen molar-refractivity contribution in [2.24, 2.45) is 5.92 Å². The summed E-state index contributed by atoms with van der Waals surface area (Å²) in [5.41, 5.74) is 2.82. The first-order valence-corrected chi connectivity index (χ1v) is 10.6. The molecule has 0 bridgehead atoms. The maximum atomic E-state index is 12.3. The van der Waals surface area contributed by atoms with E-state index in [-0.39, 0.29) is 12.5 Å². The highest BCUT2D eigenvalue weighted by Crippen LogP contribution is 2.18. The highest BCUT2D eigenvalue weighted by Gasteiger charge is 2.04. The summed E-state index contributed by atoms with van der Waals surface area (Å²) >= 11 is 0. The Kier molecular flexibility index (Phi) is 8.35. The van der Waals surface area contributed by atoms with Crippen LogP contribution < -0.4 is 20.1 Å². The van der Waals surface area contributed by atoms with E-state index in [1.165, 1.54) is 5.56 Å². The summed E-state index contributed by atoms with van der Waals surface area (Å²) in [6, 6.07) is 25.3. The van der Waals surface area contributed by atoms with Crippen LogP contribution in [0.15, 0.2) is 78.9 Å². The van der Waals surface area contributed by atoms with Gasteiger partial charge in [0.25, 0.3) is 0 Å². The lowest BCUT2D eigenvalue weighted by molar-refractivity contribution is -0.114. The van der Waals surface area contributed by atoms with Gasteiger partial charge in [0.1, 0.15) is 11.5 Å². The summed E-state index contributed by atoms with van der Waals surface area (Å²) in [5, 5.41) is 6.02. The van der Waals surface area contributed by atoms with Crippen molar-refractivity contribution < 1.29 is 14.3 Å². The van der Waals surface area contributed by atoms with E-state index >= 15 is 0 Å². The third-order valence-electron chi connectivity index (χ3n) is 4.51. The number of amides is 1. The quantitative estimate of drug-likeness (QED) is 0.438. The highest BCUT2D eigenvalue weighted by atomic mass is 16.5. The summed E-state index contributed by atoms with van der Waals surface area (Å²) in [4.78, 5) is 12.3. The van der Waals surface area contributed by atoms with E-state index in [1.54, 1.807) is 0 Å². The molecule has 0 fully saturated rings. The number of hydrogen-bond donors (Lipinski definition) is 2. The van der Waals surface area contributed by atoms with Crippen molar-refractivity contribution in [2.45, 2.75) is 20.3 Å². The van der Waals surface area contributed by atoms with E-state index < -0.39 is 0 Å². The lowest BCUT2D eigenvalue weighted by Crippen LogP contribution is -2.21. The number of ether oxygens (including phenoxy) is 2. The second-order valence-electron chi connectivity index (χ2n) is 7.74. The van der Waals surface area contributed by atoms with Gasteiger partial charge in [0.15, 0.2) is 0 Å². The molecular formula is C26H30N2O3. The Morgan fingerprint density at radius 2 is 1.61 bits per heavy atom. The van der Waals surface area contributed by atoms with Crippen LogP contribution in [0.1, 0.15) is 19.4 Å². The molecule has 3 aromatic rings. The van der Waals surface area contributed by atoms with Gasteiger partial charge in [0.2, 0.25) is 5.91 Å². The van der Waals surface area contributed by atoms with Gasteiger partial charge in [-0.1, -0.05) is 50.2 Å². The largest absolute Gasteiger partial charge is 0.493 e. The molecule has 5 heteroatoms. The molecule has 162 valence electrons. The Morgan fingerprint density at radius 3 is 2.35 bits per heavy atom. The molecule has 2 N–H and O–H groups in total. The maximum Gasteiger partial charge on any atom is 0.243 e. The second kappa shape index (κ2) is 11.6. The average Bonchev–Trinajstić information content (AvgIpc) is 2.78. The minimum atomic E-state index is -0.119. The van der Waals surface area contributed by atoms with E-state index in [0.717, 1.165) is 29.3 Å². The molecule has 0 aliphatic rings. The average molecular weight is 419 g/mol. The zero-order valence-electron chi connectivity index (χ0n) is 18.1. The molecule has 0 aromatic heterocycles. The van der Waals surface area contributed by atoms with Gasteiger partial charge >= 0.3 is 0 Å². The van der Waals surface area contributed by atoms with Gasteiger partial charge in [-0.25, -0.2) is 0 Å². The fourth-order valence-electron chi connectivity index (χ4n) is 2.91. The Labute approximate surface area is 184 Å². The van der Waals surface area contributed by atoms with Crippen molar-refractivity contribution in [3.8, 4) is 11.5 Å². The molecular weight excluding hydrogens is 388 g/mol. The minimum Gasteiger partial charge on any atom is -0.493 e. The van der Waals surface area contributed by atoms with Gasteiger partial charge in [0, 0.05) is 23.9 Å². The van der Waals surface area contributed by atoms with Crippen LogP contribution in [0.4, 0.5) is 11.4 Å². The third-order valence-corrected chi connectivity index (χ3v) is 4.51. The predicted molar refractivity (Wildman–Crippen MR) is 126 cm³/mol. The molecule has 31 heavy (non-hydrogen) atoms. The van der Waals surface area contributed by atoms with Crippen LogP contribution in [0.5, 0.6) is 11.5 Å². The van der Waals surface area contributed by atoms with E-state index in [9.17, 15) is 4.79 Å². The van der Waals surface area contributed by atoms with Crippen molar-refractivity contribution in [1.82, 2.24) is 0 Å². The molecule has 0 unspecified atom stereocenters. The van der Waals surface area contributed by atoms with Crippen LogP contribution >= 0.6 is 0 Å². The lowest BCUT2D eigenvalue weighted by Gasteiger charge is -2.11. The smallest absolute Gasteiger partial charge is 0.243 e. The van der Waals surface area contributed by atoms with Crippen molar-refractivity contribution >= 4 is 17.3 Å². The molecule has 0 saturated heterocycles. The second-order valence-corrected chi connectivity index (χ2v) is 7.74. The molecule has 0 aliphatic heterocycles. The fraction of sp³-hybridized carbons (Fsp3) is 0.269. The molecule has 0 heterocycles. The van der Waals surface area contributed by atoms with Crippen LogP contribution in [-0.2, 0) is 11.2 Å². The number of carbonyl (C=O) groups excluding carboxylic acids is 1. The number of carbonyl (C=O) groups is 1. The predicted octanol–water partition coefficient (Wildman–Crippen LogP) is 5.39. The van der Waals surface area contributed by atoms with Gasteiger partial charge in [-0.2, -0.15) is 0 Å². The zero-order valence-corrected chi connectivity index (χ0v) is 18.1. The molecule has 5 nitrogen and oxygen atoms in total. The van der Waals surface area contributed by atoms with Crippen LogP contribution in [-0.4, -0.2) is 25.7 Å². The number of hydrogen-bond acceptors (Lipinski definition) is 4. The first-order chi connectivity index (χ1) is 15.1. The first-order valence-electron chi connectivity index (χ1n) is 10.6. The van der Waals surface area contributed by atoms with Gasteiger partial charge in [0.05, 0.1) is 19.8 Å². The molecule has 1 amide bonds. The Hall–Kier alpha value is -3.47. The molecule has 0 saturated carbocycles. The van der Waals surface area contributed by atoms with Crippen LogP contribution in [0.3, 0.4) is 0 Å². The summed E-state index contributed by atoms with van der Waals surface area (Å²) < 4.78 is 11.5. The Balaban J connectivity index is 1.42. The molecule has 3 aromatic carbocycles. The summed E-state index contributed by atoms with van der Waals surface area (Å²) in [5.74, 6) is 1.93. The van der Waals surface area contributed by atoms with Crippen molar-refractivity contribution in [2.75, 3.05) is 30.4 Å². The standard InChI is InChI=1S/C26H30N2O3/c1-20(2)19-31-24-13-11-22(12-14-24)28-26(29)18-27-23-9-6-10-25(17-23)30-16-15-21-7-4-3-5-8-21/h3-14,17,20,27H,15-16,18-19H2,1-2H3,(H,28,29). The molecule has 0 aliphatic carbocycles. The fourth-order valence-corrected chi connectivity index (χ4v) is 2.91. The number of benzene rings is 3. The van der Waals surface area contributed by atoms with Crippen LogP contribution in [0.25, 0.3) is 0 Å². The Bertz CT molecular complexity index is 940. The molecule has 0 atom stereocenters. The van der Waals surface area contributed by atoms with E-state index in [4.69, 9.17) is 9.47 Å². The molecule has 0 spiro atoms. The van der Waals surface area contributed by atoms with Gasteiger partial charge in [-0.15, -0.1) is 0 Å². The first kappa shape index (κ1) is 22.2. The number of rotatable bonds is 11. The maximum absolute atomic E-state index is 12.3. The Morgan fingerprint density at radius 1 is 0.839 bits per heavy atom. The van der Waals surface area contributed by atoms with E-state index in [0.29, 0.717) is 19.1 Å². The SMILES string of the molecule is CC(C)COc1ccc(NC(=O)CNc2cccc(OCCc3ccccc3)c2)cc1. The van der Waals surface area contributed by atoms with Gasteiger partial charge < -0.3 is 20.1 Å². The topological polar surface area (TPSA) is 59.6 Å². The van der Waals surface area contributed by atoms with Gasteiger partial charge in [-0.3, -0.25) is 4.79 Å². The monoisotopic (exact) mass is 418 g/mol. The van der Waals surface area contributed by atoms with Crippen molar-refractivity contribution in [3.05, 3.63) is 84.4 Å². The van der Waals surface area contributed by atoms with E-state index in [2.05, 4.69) is 36.6 Å². The van der Waals surface area contributed by atoms with Crippen molar-refractivity contribution in [3.63, 3.8) is 0 Å². The normalized spacial score (nSPS) is 10.5. The highest BCUT2D eigenvalue weighted by molar-refractivity contribution is 5.93. The van der Waals surface area contributed by atoms with Crippen LogP contribution in [0.2, 0.25) is 0 Å². The number of nitrogens with one attached hydrogen (secondary N) is 2. The number of anilines is 2. The minimum absolute atomic E-state index is 0.119.